The van der Waals surface area contributed by atoms with Crippen LogP contribution in [0.15, 0.2) is 45.8 Å². The van der Waals surface area contributed by atoms with E-state index < -0.39 is 0 Å². The van der Waals surface area contributed by atoms with Gasteiger partial charge < -0.3 is 23.4 Å². The summed E-state index contributed by atoms with van der Waals surface area (Å²) in [7, 11) is 3.15. The molecule has 7 nitrogen and oxygen atoms in total. The molecule has 0 amide bonds. The Morgan fingerprint density at radius 1 is 1.13 bits per heavy atom. The maximum atomic E-state index is 13.3. The topological polar surface area (TPSA) is 70.4 Å². The predicted octanol–water partition coefficient (Wildman–Crippen LogP) is 3.81. The molecule has 1 aromatic heterocycles. The summed E-state index contributed by atoms with van der Waals surface area (Å²) in [5, 5.41) is 0.536. The molecule has 0 radical (unpaired) electrons. The zero-order valence-electron chi connectivity index (χ0n) is 17.7. The van der Waals surface area contributed by atoms with Gasteiger partial charge in [-0.05, 0) is 42.7 Å². The molecule has 162 valence electrons. The van der Waals surface area contributed by atoms with E-state index in [1.54, 1.807) is 32.4 Å². The van der Waals surface area contributed by atoms with E-state index in [-0.39, 0.29) is 11.5 Å². The van der Waals surface area contributed by atoms with Crippen LogP contribution in [0.3, 0.4) is 0 Å². The molecule has 2 aliphatic rings. The Kier molecular flexibility index (Phi) is 5.29. The zero-order valence-corrected chi connectivity index (χ0v) is 17.7. The van der Waals surface area contributed by atoms with Crippen molar-refractivity contribution in [3.63, 3.8) is 0 Å². The largest absolute Gasteiger partial charge is 0.493 e. The van der Waals surface area contributed by atoms with Crippen LogP contribution in [0.4, 0.5) is 0 Å². The van der Waals surface area contributed by atoms with Gasteiger partial charge in [0.25, 0.3) is 0 Å². The van der Waals surface area contributed by atoms with Crippen molar-refractivity contribution in [1.82, 2.24) is 4.90 Å². The molecule has 3 aromatic rings. The van der Waals surface area contributed by atoms with Crippen LogP contribution in [-0.2, 0) is 11.3 Å². The number of methoxy groups -OCH3 is 2. The standard InChI is InChI=1S/C24H25NO6/c1-27-21-7-5-15(10-22(21)28-2)19-13-30-24-17(23(19)26)6-8-20-18(24)12-25(14-31-20)11-16-4-3-9-29-16/h5-8,10,13,16H,3-4,9,11-12,14H2,1-2H3/t16-/m0/s1. The van der Waals surface area contributed by atoms with Gasteiger partial charge in [-0.2, -0.15) is 0 Å². The summed E-state index contributed by atoms with van der Waals surface area (Å²) < 4.78 is 28.4. The Bertz CT molecular complexity index is 1160. The van der Waals surface area contributed by atoms with Crippen molar-refractivity contribution >= 4 is 11.0 Å². The van der Waals surface area contributed by atoms with Crippen LogP contribution in [0.2, 0.25) is 0 Å². The summed E-state index contributed by atoms with van der Waals surface area (Å²) in [6, 6.07) is 9.02. The minimum Gasteiger partial charge on any atom is -0.493 e. The van der Waals surface area contributed by atoms with Crippen molar-refractivity contribution in [2.24, 2.45) is 0 Å². The second kappa shape index (κ2) is 8.24. The number of fused-ring (bicyclic) bond motifs is 3. The van der Waals surface area contributed by atoms with Crippen molar-refractivity contribution < 1.29 is 23.4 Å². The number of benzene rings is 2. The van der Waals surface area contributed by atoms with Crippen LogP contribution >= 0.6 is 0 Å². The van der Waals surface area contributed by atoms with Crippen LogP contribution in [0, 0.1) is 0 Å². The van der Waals surface area contributed by atoms with Crippen LogP contribution in [0.1, 0.15) is 18.4 Å². The fraction of sp³-hybridized carbons (Fsp3) is 0.375. The van der Waals surface area contributed by atoms with Gasteiger partial charge in [-0.25, -0.2) is 0 Å². The van der Waals surface area contributed by atoms with E-state index in [0.717, 1.165) is 37.3 Å². The van der Waals surface area contributed by atoms with Gasteiger partial charge >= 0.3 is 0 Å². The molecule has 3 heterocycles. The van der Waals surface area contributed by atoms with Gasteiger partial charge in [0.2, 0.25) is 5.43 Å². The molecule has 7 heteroatoms. The highest BCUT2D eigenvalue weighted by molar-refractivity contribution is 5.86. The Hall–Kier alpha value is -3.03. The Labute approximate surface area is 180 Å². The van der Waals surface area contributed by atoms with Crippen molar-refractivity contribution in [3.05, 3.63) is 52.4 Å². The van der Waals surface area contributed by atoms with E-state index in [9.17, 15) is 4.79 Å². The molecule has 0 spiro atoms. The van der Waals surface area contributed by atoms with Gasteiger partial charge in [-0.1, -0.05) is 6.07 Å². The van der Waals surface area contributed by atoms with Crippen LogP contribution < -0.4 is 19.6 Å². The molecule has 2 aromatic carbocycles. The third-order valence-electron chi connectivity index (χ3n) is 5.97. The fourth-order valence-electron chi connectivity index (χ4n) is 4.35. The second-order valence-corrected chi connectivity index (χ2v) is 7.89. The maximum absolute atomic E-state index is 13.3. The lowest BCUT2D eigenvalue weighted by Gasteiger charge is -2.30. The maximum Gasteiger partial charge on any atom is 0.200 e. The summed E-state index contributed by atoms with van der Waals surface area (Å²) in [4.78, 5) is 15.5. The lowest BCUT2D eigenvalue weighted by molar-refractivity contribution is 0.0281. The van der Waals surface area contributed by atoms with Gasteiger partial charge in [-0.3, -0.25) is 9.69 Å². The first-order valence-electron chi connectivity index (χ1n) is 10.4. The number of hydrogen-bond donors (Lipinski definition) is 0. The molecular formula is C24H25NO6. The first-order valence-corrected chi connectivity index (χ1v) is 10.4. The molecule has 5 rings (SSSR count). The van der Waals surface area contributed by atoms with E-state index in [0.29, 0.717) is 46.9 Å². The van der Waals surface area contributed by atoms with Crippen LogP contribution in [0.25, 0.3) is 22.1 Å². The average Bonchev–Trinajstić information content (AvgIpc) is 3.32. The summed E-state index contributed by atoms with van der Waals surface area (Å²) >= 11 is 0. The van der Waals surface area contributed by atoms with Gasteiger partial charge in [-0.15, -0.1) is 0 Å². The summed E-state index contributed by atoms with van der Waals surface area (Å²) in [6.07, 6.45) is 3.93. The molecule has 0 aliphatic carbocycles. The summed E-state index contributed by atoms with van der Waals surface area (Å²) in [6.45, 7) is 2.80. The first-order chi connectivity index (χ1) is 15.2. The van der Waals surface area contributed by atoms with E-state index in [1.807, 2.05) is 12.1 Å². The smallest absolute Gasteiger partial charge is 0.200 e. The molecule has 1 fully saturated rings. The summed E-state index contributed by atoms with van der Waals surface area (Å²) in [5.74, 6) is 1.93. The molecule has 1 saturated heterocycles. The number of hydrogen-bond acceptors (Lipinski definition) is 7. The predicted molar refractivity (Wildman–Crippen MR) is 116 cm³/mol. The van der Waals surface area contributed by atoms with E-state index >= 15 is 0 Å². The molecule has 0 unspecified atom stereocenters. The van der Waals surface area contributed by atoms with Gasteiger partial charge in [0, 0.05) is 19.7 Å². The van der Waals surface area contributed by atoms with Gasteiger partial charge in [0.15, 0.2) is 11.5 Å². The Balaban J connectivity index is 1.51. The third-order valence-corrected chi connectivity index (χ3v) is 5.97. The number of ether oxygens (including phenoxy) is 4. The number of nitrogens with zero attached hydrogens (tertiary/aromatic N) is 1. The monoisotopic (exact) mass is 423 g/mol. The average molecular weight is 423 g/mol. The van der Waals surface area contributed by atoms with Crippen molar-refractivity contribution in [2.75, 3.05) is 34.1 Å². The van der Waals surface area contributed by atoms with Crippen LogP contribution in [0.5, 0.6) is 17.2 Å². The highest BCUT2D eigenvalue weighted by Gasteiger charge is 2.26. The van der Waals surface area contributed by atoms with Crippen LogP contribution in [-0.4, -0.2) is 45.1 Å². The Morgan fingerprint density at radius 3 is 2.77 bits per heavy atom. The Morgan fingerprint density at radius 2 is 2.00 bits per heavy atom. The third kappa shape index (κ3) is 3.64. The van der Waals surface area contributed by atoms with Crippen molar-refractivity contribution in [1.29, 1.82) is 0 Å². The summed E-state index contributed by atoms with van der Waals surface area (Å²) in [5.41, 5.74) is 2.57. The molecule has 0 N–H and O–H groups in total. The fourth-order valence-corrected chi connectivity index (χ4v) is 4.35. The minimum absolute atomic E-state index is 0.0903. The van der Waals surface area contributed by atoms with Crippen molar-refractivity contribution in [3.8, 4) is 28.4 Å². The lowest BCUT2D eigenvalue weighted by Crippen LogP contribution is -2.37. The second-order valence-electron chi connectivity index (χ2n) is 7.89. The van der Waals surface area contributed by atoms with Gasteiger partial charge in [0.1, 0.15) is 24.3 Å². The molecule has 0 bridgehead atoms. The quantitative estimate of drug-likeness (QED) is 0.618. The highest BCUT2D eigenvalue weighted by Crippen LogP contribution is 2.35. The zero-order chi connectivity index (χ0) is 21.4. The SMILES string of the molecule is COc1ccc(-c2coc3c4c(ccc3c2=O)OCN(C[C@@H]2CCCO2)C4)cc1OC. The molecular weight excluding hydrogens is 398 g/mol. The van der Waals surface area contributed by atoms with Crippen molar-refractivity contribution in [2.45, 2.75) is 25.5 Å². The lowest BCUT2D eigenvalue weighted by atomic mass is 10.0. The minimum atomic E-state index is -0.0903. The number of rotatable bonds is 5. The van der Waals surface area contributed by atoms with E-state index in [2.05, 4.69) is 4.90 Å². The normalized spacial score (nSPS) is 18.6. The first kappa shape index (κ1) is 19.9. The van der Waals surface area contributed by atoms with E-state index in [1.165, 1.54) is 6.26 Å². The van der Waals surface area contributed by atoms with Gasteiger partial charge in [0.05, 0.1) is 36.8 Å². The highest BCUT2D eigenvalue weighted by atomic mass is 16.5. The molecule has 31 heavy (non-hydrogen) atoms. The molecule has 2 aliphatic heterocycles. The molecule has 0 saturated carbocycles. The molecule has 1 atom stereocenters. The van der Waals surface area contributed by atoms with E-state index in [4.69, 9.17) is 23.4 Å².